The number of benzene rings is 3. The molecule has 0 spiro atoms. The second kappa shape index (κ2) is 10.7. The van der Waals surface area contributed by atoms with Crippen molar-refractivity contribution < 1.29 is 9.53 Å². The van der Waals surface area contributed by atoms with E-state index in [4.69, 9.17) is 9.72 Å². The second-order valence-corrected chi connectivity index (χ2v) is 9.35. The highest BCUT2D eigenvalue weighted by Gasteiger charge is 2.21. The van der Waals surface area contributed by atoms with Crippen LogP contribution in [-0.2, 0) is 9.53 Å². The number of nitrogens with one attached hydrogen (secondary N) is 4. The van der Waals surface area contributed by atoms with Gasteiger partial charge in [0.2, 0.25) is 5.91 Å². The van der Waals surface area contributed by atoms with E-state index < -0.39 is 0 Å². The van der Waals surface area contributed by atoms with E-state index in [1.54, 1.807) is 6.20 Å². The Morgan fingerprint density at radius 1 is 0.842 bits per heavy atom. The van der Waals surface area contributed by atoms with E-state index in [0.29, 0.717) is 19.0 Å². The lowest BCUT2D eigenvalue weighted by atomic mass is 9.99. The van der Waals surface area contributed by atoms with Crippen molar-refractivity contribution in [2.75, 3.05) is 29.2 Å². The Balaban J connectivity index is 1.22. The number of amides is 1. The summed E-state index contributed by atoms with van der Waals surface area (Å²) in [4.78, 5) is 17.6. The fourth-order valence-corrected chi connectivity index (χ4v) is 4.68. The lowest BCUT2D eigenvalue weighted by Gasteiger charge is -2.21. The molecule has 3 heterocycles. The maximum Gasteiger partial charge on any atom is 0.227 e. The summed E-state index contributed by atoms with van der Waals surface area (Å²) in [7, 11) is 0. The number of hydrogen-bond acceptors (Lipinski definition) is 6. The Bertz CT molecular complexity index is 1540. The number of ether oxygens (including phenoxy) is 1. The Hall–Kier alpha value is -4.69. The van der Waals surface area contributed by atoms with Gasteiger partial charge in [0, 0.05) is 53.3 Å². The van der Waals surface area contributed by atoms with Gasteiger partial charge in [-0.1, -0.05) is 42.5 Å². The Kier molecular flexibility index (Phi) is 6.70. The average molecular weight is 505 g/mol. The molecule has 4 N–H and O–H groups in total. The summed E-state index contributed by atoms with van der Waals surface area (Å²) >= 11 is 0. The van der Waals surface area contributed by atoms with Gasteiger partial charge >= 0.3 is 0 Å². The normalized spacial score (nSPS) is 13.8. The minimum atomic E-state index is -0.00935. The van der Waals surface area contributed by atoms with Crippen LogP contribution in [0.5, 0.6) is 0 Å². The monoisotopic (exact) mass is 504 g/mol. The van der Waals surface area contributed by atoms with E-state index in [2.05, 4.69) is 50.4 Å². The summed E-state index contributed by atoms with van der Waals surface area (Å²) in [6.45, 7) is 1.27. The van der Waals surface area contributed by atoms with Gasteiger partial charge in [-0.2, -0.15) is 5.10 Å². The Labute approximate surface area is 220 Å². The molecule has 38 heavy (non-hydrogen) atoms. The zero-order chi connectivity index (χ0) is 25.7. The third kappa shape index (κ3) is 5.35. The largest absolute Gasteiger partial charge is 0.381 e. The van der Waals surface area contributed by atoms with Gasteiger partial charge in [0.15, 0.2) is 0 Å². The van der Waals surface area contributed by atoms with Gasteiger partial charge in [0.1, 0.15) is 11.6 Å². The molecule has 8 nitrogen and oxygen atoms in total. The molecule has 1 saturated heterocycles. The number of aromatic nitrogens is 3. The van der Waals surface area contributed by atoms with Crippen LogP contribution in [-0.4, -0.2) is 34.3 Å². The van der Waals surface area contributed by atoms with E-state index in [-0.39, 0.29) is 11.8 Å². The third-order valence-electron chi connectivity index (χ3n) is 6.71. The molecule has 0 aliphatic carbocycles. The summed E-state index contributed by atoms with van der Waals surface area (Å²) in [5.74, 6) is 1.49. The number of H-pyrrole nitrogens is 1. The zero-order valence-electron chi connectivity index (χ0n) is 20.8. The van der Waals surface area contributed by atoms with Crippen molar-refractivity contribution in [3.8, 4) is 11.1 Å². The van der Waals surface area contributed by atoms with Crippen LogP contribution in [0.1, 0.15) is 12.8 Å². The predicted molar refractivity (Wildman–Crippen MR) is 151 cm³/mol. The highest BCUT2D eigenvalue weighted by Crippen LogP contribution is 2.30. The summed E-state index contributed by atoms with van der Waals surface area (Å²) < 4.78 is 5.38. The van der Waals surface area contributed by atoms with E-state index in [9.17, 15) is 4.79 Å². The first-order valence-electron chi connectivity index (χ1n) is 12.7. The Morgan fingerprint density at radius 3 is 2.47 bits per heavy atom. The molecule has 0 bridgehead atoms. The number of carbonyl (C=O) groups is 1. The van der Waals surface area contributed by atoms with E-state index in [0.717, 1.165) is 57.6 Å². The third-order valence-corrected chi connectivity index (χ3v) is 6.71. The molecule has 1 amide bonds. The number of carbonyl (C=O) groups excluding carboxylic acids is 1. The first-order valence-corrected chi connectivity index (χ1v) is 12.7. The quantitative estimate of drug-likeness (QED) is 0.202. The first kappa shape index (κ1) is 23.7. The van der Waals surface area contributed by atoms with Crippen molar-refractivity contribution in [1.29, 1.82) is 0 Å². The first-order chi connectivity index (χ1) is 18.7. The molecule has 1 aliphatic rings. The minimum absolute atomic E-state index is 0.00935. The average Bonchev–Trinajstić information content (AvgIpc) is 3.49. The van der Waals surface area contributed by atoms with Crippen molar-refractivity contribution in [3.63, 3.8) is 0 Å². The van der Waals surface area contributed by atoms with Gasteiger partial charge in [-0.3, -0.25) is 9.89 Å². The van der Waals surface area contributed by atoms with Gasteiger partial charge in [-0.15, -0.1) is 0 Å². The SMILES string of the molecule is O=C(Nc1cccc(Nc2cc3ccccc3c(Nc3ccc(-c4cn[nH]c4)cc3)n2)c1)C1CCOCC1. The van der Waals surface area contributed by atoms with Crippen molar-refractivity contribution in [3.05, 3.63) is 91.3 Å². The second-order valence-electron chi connectivity index (χ2n) is 9.35. The highest BCUT2D eigenvalue weighted by atomic mass is 16.5. The molecule has 3 aromatic carbocycles. The zero-order valence-corrected chi connectivity index (χ0v) is 20.8. The molecule has 0 unspecified atom stereocenters. The molecule has 0 saturated carbocycles. The lowest BCUT2D eigenvalue weighted by Crippen LogP contribution is -2.28. The van der Waals surface area contributed by atoms with Gasteiger partial charge in [-0.05, 0) is 60.2 Å². The van der Waals surface area contributed by atoms with Crippen molar-refractivity contribution in [2.24, 2.45) is 5.92 Å². The molecule has 0 atom stereocenters. The van der Waals surface area contributed by atoms with Crippen LogP contribution in [0.15, 0.2) is 91.3 Å². The summed E-state index contributed by atoms with van der Waals surface area (Å²) in [5.41, 5.74) is 4.65. The standard InChI is InChI=1S/C30H28N6O2/c37-30(21-12-14-38-15-13-21)35-26-6-3-5-25(17-26)33-28-16-22-4-1-2-7-27(22)29(36-28)34-24-10-8-20(9-11-24)23-18-31-32-19-23/h1-11,16-19,21H,12-15H2,(H,31,32)(H,35,37)(H2,33,34,36). The van der Waals surface area contributed by atoms with Gasteiger partial charge in [-0.25, -0.2) is 4.98 Å². The number of fused-ring (bicyclic) bond motifs is 1. The van der Waals surface area contributed by atoms with Crippen LogP contribution in [0.3, 0.4) is 0 Å². The molecule has 6 rings (SSSR count). The maximum absolute atomic E-state index is 12.7. The van der Waals surface area contributed by atoms with Crippen molar-refractivity contribution >= 4 is 45.4 Å². The van der Waals surface area contributed by atoms with Crippen molar-refractivity contribution in [1.82, 2.24) is 15.2 Å². The summed E-state index contributed by atoms with van der Waals surface area (Å²) in [6.07, 6.45) is 5.19. The van der Waals surface area contributed by atoms with E-state index >= 15 is 0 Å². The maximum atomic E-state index is 12.7. The van der Waals surface area contributed by atoms with Crippen LogP contribution in [0, 0.1) is 5.92 Å². The number of pyridine rings is 1. The molecule has 1 aliphatic heterocycles. The molecule has 1 fully saturated rings. The minimum Gasteiger partial charge on any atom is -0.381 e. The number of aromatic amines is 1. The van der Waals surface area contributed by atoms with Crippen LogP contribution in [0.4, 0.5) is 28.7 Å². The van der Waals surface area contributed by atoms with E-state index in [1.807, 2.05) is 60.8 Å². The molecule has 2 aromatic heterocycles. The number of rotatable bonds is 7. The van der Waals surface area contributed by atoms with Gasteiger partial charge in [0.05, 0.1) is 6.20 Å². The topological polar surface area (TPSA) is 104 Å². The molecule has 8 heteroatoms. The molecular formula is C30H28N6O2. The highest BCUT2D eigenvalue weighted by molar-refractivity contribution is 5.96. The summed E-state index contributed by atoms with van der Waals surface area (Å²) in [5, 5.41) is 18.9. The van der Waals surface area contributed by atoms with Crippen molar-refractivity contribution in [2.45, 2.75) is 12.8 Å². The van der Waals surface area contributed by atoms with Gasteiger partial charge in [0.25, 0.3) is 0 Å². The number of hydrogen-bond donors (Lipinski definition) is 4. The van der Waals surface area contributed by atoms with Crippen LogP contribution < -0.4 is 16.0 Å². The smallest absolute Gasteiger partial charge is 0.227 e. The Morgan fingerprint density at radius 2 is 1.66 bits per heavy atom. The van der Waals surface area contributed by atoms with Crippen LogP contribution in [0.2, 0.25) is 0 Å². The van der Waals surface area contributed by atoms with Crippen LogP contribution in [0.25, 0.3) is 21.9 Å². The molecule has 190 valence electrons. The molecular weight excluding hydrogens is 476 g/mol. The molecule has 0 radical (unpaired) electrons. The number of nitrogens with zero attached hydrogens (tertiary/aromatic N) is 2. The fraction of sp³-hybridized carbons (Fsp3) is 0.167. The fourth-order valence-electron chi connectivity index (χ4n) is 4.68. The van der Waals surface area contributed by atoms with Crippen LogP contribution >= 0.6 is 0 Å². The van der Waals surface area contributed by atoms with Gasteiger partial charge < -0.3 is 20.7 Å². The lowest BCUT2D eigenvalue weighted by molar-refractivity contribution is -0.122. The molecule has 5 aromatic rings. The number of anilines is 5. The predicted octanol–water partition coefficient (Wildman–Crippen LogP) is 6.48. The summed E-state index contributed by atoms with van der Waals surface area (Å²) in [6, 6.07) is 26.0. The van der Waals surface area contributed by atoms with E-state index in [1.165, 1.54) is 0 Å².